The van der Waals surface area contributed by atoms with Crippen molar-refractivity contribution in [1.29, 1.82) is 5.26 Å². The summed E-state index contributed by atoms with van der Waals surface area (Å²) >= 11 is 0. The number of alkyl halides is 3. The second-order valence-electron chi connectivity index (χ2n) is 10.6. The number of rotatable bonds is 7. The molecular formula is C31H29F3N4O3. The zero-order valence-corrected chi connectivity index (χ0v) is 22.3. The van der Waals surface area contributed by atoms with Crippen LogP contribution in [0.5, 0.6) is 0 Å². The van der Waals surface area contributed by atoms with Crippen LogP contribution in [-0.4, -0.2) is 47.0 Å². The first-order valence-electron chi connectivity index (χ1n) is 13.4. The zero-order chi connectivity index (χ0) is 29.0. The molecule has 2 saturated heterocycles. The number of benzene rings is 3. The van der Waals surface area contributed by atoms with Gasteiger partial charge in [0.25, 0.3) is 5.91 Å². The predicted octanol–water partition coefficient (Wildman–Crippen LogP) is 5.49. The Bertz CT molecular complexity index is 1440. The van der Waals surface area contributed by atoms with E-state index in [2.05, 4.69) is 16.3 Å². The Morgan fingerprint density at radius 2 is 1.63 bits per heavy atom. The normalized spacial score (nSPS) is 16.8. The third kappa shape index (κ3) is 6.87. The van der Waals surface area contributed by atoms with Gasteiger partial charge in [-0.15, -0.1) is 0 Å². The summed E-state index contributed by atoms with van der Waals surface area (Å²) in [5.41, 5.74) is 2.28. The number of hydrogen-bond donors (Lipinski definition) is 1. The summed E-state index contributed by atoms with van der Waals surface area (Å²) < 4.78 is 44.3. The SMILES string of the molecule is N#Cc1ccc(CNC(=O)c2cccc(CN3CC4(CCN(Cc5ccc(C(F)(F)F)cc5)CC4)OC3=O)c2)cc1. The Morgan fingerprint density at radius 1 is 0.951 bits per heavy atom. The summed E-state index contributed by atoms with van der Waals surface area (Å²) in [4.78, 5) is 29.3. The lowest BCUT2D eigenvalue weighted by atomic mass is 9.91. The number of nitrogens with zero attached hydrogens (tertiary/aromatic N) is 3. The Morgan fingerprint density at radius 3 is 2.29 bits per heavy atom. The summed E-state index contributed by atoms with van der Waals surface area (Å²) in [5.74, 6) is -0.239. The van der Waals surface area contributed by atoms with Crippen molar-refractivity contribution < 1.29 is 27.5 Å². The maximum Gasteiger partial charge on any atom is 0.416 e. The van der Waals surface area contributed by atoms with Crippen molar-refractivity contribution in [1.82, 2.24) is 15.1 Å². The summed E-state index contributed by atoms with van der Waals surface area (Å²) in [6.45, 7) is 2.94. The van der Waals surface area contributed by atoms with Crippen LogP contribution in [0.2, 0.25) is 0 Å². The quantitative estimate of drug-likeness (QED) is 0.412. The van der Waals surface area contributed by atoms with Gasteiger partial charge >= 0.3 is 12.3 Å². The smallest absolute Gasteiger partial charge is 0.416 e. The average molecular weight is 563 g/mol. The number of piperidine rings is 1. The Balaban J connectivity index is 1.13. The Labute approximate surface area is 236 Å². The van der Waals surface area contributed by atoms with Gasteiger partial charge in [-0.05, 0) is 53.1 Å². The Hall–Kier alpha value is -4.36. The molecule has 5 rings (SSSR count). The molecule has 2 aliphatic heterocycles. The monoisotopic (exact) mass is 562 g/mol. The molecule has 10 heteroatoms. The van der Waals surface area contributed by atoms with Crippen LogP contribution in [0.15, 0.2) is 72.8 Å². The van der Waals surface area contributed by atoms with E-state index in [1.165, 1.54) is 12.1 Å². The third-order valence-electron chi connectivity index (χ3n) is 7.59. The highest BCUT2D eigenvalue weighted by atomic mass is 19.4. The summed E-state index contributed by atoms with van der Waals surface area (Å²) in [5, 5.41) is 11.8. The minimum Gasteiger partial charge on any atom is -0.441 e. The molecule has 2 amide bonds. The third-order valence-corrected chi connectivity index (χ3v) is 7.59. The molecule has 3 aromatic rings. The Kier molecular flexibility index (Phi) is 7.99. The molecule has 41 heavy (non-hydrogen) atoms. The molecule has 0 bridgehead atoms. The van der Waals surface area contributed by atoms with E-state index in [4.69, 9.17) is 10.00 Å². The highest BCUT2D eigenvalue weighted by Gasteiger charge is 2.46. The standard InChI is InChI=1S/C31H29F3N4O3/c32-31(33,34)27-10-8-24(9-11-27)19-37-14-12-30(13-15-37)21-38(29(40)41-30)20-25-2-1-3-26(16-25)28(39)36-18-23-6-4-22(17-35)5-7-23/h1-11,16H,12-15,18-21H2,(H,36,39). The molecule has 2 heterocycles. The molecule has 2 fully saturated rings. The van der Waals surface area contributed by atoms with Crippen LogP contribution >= 0.6 is 0 Å². The lowest BCUT2D eigenvalue weighted by molar-refractivity contribution is -0.137. The van der Waals surface area contributed by atoms with Gasteiger partial charge in [0.2, 0.25) is 0 Å². The summed E-state index contributed by atoms with van der Waals surface area (Å²) in [6.07, 6.45) is -3.48. The maximum absolute atomic E-state index is 12.8. The number of halogens is 3. The number of hydrogen-bond acceptors (Lipinski definition) is 5. The molecule has 0 atom stereocenters. The van der Waals surface area contributed by atoms with E-state index < -0.39 is 23.4 Å². The molecule has 212 valence electrons. The number of likely N-dealkylation sites (tertiary alicyclic amines) is 1. The van der Waals surface area contributed by atoms with Gasteiger partial charge in [0.1, 0.15) is 5.60 Å². The van der Waals surface area contributed by atoms with Crippen LogP contribution in [0.4, 0.5) is 18.0 Å². The van der Waals surface area contributed by atoms with E-state index in [1.807, 2.05) is 6.07 Å². The second-order valence-corrected chi connectivity index (χ2v) is 10.6. The highest BCUT2D eigenvalue weighted by molar-refractivity contribution is 5.94. The van der Waals surface area contributed by atoms with Crippen molar-refractivity contribution in [3.63, 3.8) is 0 Å². The molecule has 7 nitrogen and oxygen atoms in total. The van der Waals surface area contributed by atoms with E-state index in [0.29, 0.717) is 63.2 Å². The first-order valence-corrected chi connectivity index (χ1v) is 13.4. The van der Waals surface area contributed by atoms with Gasteiger partial charge in [0.15, 0.2) is 0 Å². The number of nitrogens with one attached hydrogen (secondary N) is 1. The van der Waals surface area contributed by atoms with Gasteiger partial charge in [-0.2, -0.15) is 18.4 Å². The van der Waals surface area contributed by atoms with Gasteiger partial charge in [0.05, 0.1) is 23.7 Å². The lowest BCUT2D eigenvalue weighted by Crippen LogP contribution is -2.46. The molecule has 0 aromatic heterocycles. The van der Waals surface area contributed by atoms with Gasteiger partial charge in [-0.3, -0.25) is 14.6 Å². The molecule has 0 saturated carbocycles. The first-order chi connectivity index (χ1) is 19.6. The van der Waals surface area contributed by atoms with Crippen LogP contribution in [0.1, 0.15) is 51.0 Å². The second kappa shape index (κ2) is 11.6. The minimum absolute atomic E-state index is 0.239. The average Bonchev–Trinajstić information content (AvgIpc) is 3.27. The molecule has 0 unspecified atom stereocenters. The van der Waals surface area contributed by atoms with Crippen LogP contribution in [0, 0.1) is 11.3 Å². The fraction of sp³-hybridized carbons (Fsp3) is 0.323. The van der Waals surface area contributed by atoms with Crippen molar-refractivity contribution in [2.24, 2.45) is 0 Å². The number of nitriles is 1. The van der Waals surface area contributed by atoms with Crippen molar-refractivity contribution in [3.8, 4) is 6.07 Å². The fourth-order valence-corrected chi connectivity index (χ4v) is 5.26. The predicted molar refractivity (Wildman–Crippen MR) is 144 cm³/mol. The van der Waals surface area contributed by atoms with Gasteiger partial charge in [-0.25, -0.2) is 4.79 Å². The van der Waals surface area contributed by atoms with Crippen molar-refractivity contribution in [2.75, 3.05) is 19.6 Å². The molecule has 1 N–H and O–H groups in total. The van der Waals surface area contributed by atoms with Crippen molar-refractivity contribution in [3.05, 3.63) is 106 Å². The maximum atomic E-state index is 12.8. The molecular weight excluding hydrogens is 533 g/mol. The van der Waals surface area contributed by atoms with E-state index in [1.54, 1.807) is 47.4 Å². The molecule has 0 radical (unpaired) electrons. The van der Waals surface area contributed by atoms with Gasteiger partial charge in [-0.1, -0.05) is 36.4 Å². The summed E-state index contributed by atoms with van der Waals surface area (Å²) in [7, 11) is 0. The number of amides is 2. The number of carbonyl (C=O) groups is 2. The first kappa shape index (κ1) is 28.2. The topological polar surface area (TPSA) is 85.7 Å². The lowest BCUT2D eigenvalue weighted by Gasteiger charge is -2.37. The molecule has 3 aromatic carbocycles. The summed E-state index contributed by atoms with van der Waals surface area (Å²) in [6, 6.07) is 21.4. The number of carbonyl (C=O) groups excluding carboxylic acids is 2. The van der Waals surface area contributed by atoms with Crippen LogP contribution in [0.3, 0.4) is 0 Å². The fourth-order valence-electron chi connectivity index (χ4n) is 5.26. The zero-order valence-electron chi connectivity index (χ0n) is 22.3. The molecule has 0 aliphatic carbocycles. The van der Waals surface area contributed by atoms with E-state index in [9.17, 15) is 22.8 Å². The highest BCUT2D eigenvalue weighted by Crippen LogP contribution is 2.35. The van der Waals surface area contributed by atoms with E-state index in [-0.39, 0.29) is 5.91 Å². The number of ether oxygens (including phenoxy) is 1. The van der Waals surface area contributed by atoms with Gasteiger partial charge < -0.3 is 10.1 Å². The van der Waals surface area contributed by atoms with Gasteiger partial charge in [0, 0.05) is 51.1 Å². The minimum atomic E-state index is -4.35. The van der Waals surface area contributed by atoms with Crippen molar-refractivity contribution >= 4 is 12.0 Å². The van der Waals surface area contributed by atoms with E-state index in [0.717, 1.165) is 28.8 Å². The van der Waals surface area contributed by atoms with Crippen LogP contribution in [0.25, 0.3) is 0 Å². The van der Waals surface area contributed by atoms with Crippen LogP contribution in [-0.2, 0) is 30.5 Å². The largest absolute Gasteiger partial charge is 0.441 e. The van der Waals surface area contributed by atoms with Crippen molar-refractivity contribution in [2.45, 2.75) is 44.3 Å². The van der Waals surface area contributed by atoms with E-state index >= 15 is 0 Å². The van der Waals surface area contributed by atoms with Crippen LogP contribution < -0.4 is 5.32 Å². The molecule has 1 spiro atoms. The molecule has 2 aliphatic rings.